The molecule has 0 saturated carbocycles. The van der Waals surface area contributed by atoms with Crippen LogP contribution >= 0.6 is 31.9 Å². The quantitative estimate of drug-likeness (QED) is 0.795. The first kappa shape index (κ1) is 15.5. The van der Waals surface area contributed by atoms with E-state index >= 15 is 0 Å². The molecule has 0 fully saturated rings. The van der Waals surface area contributed by atoms with Gasteiger partial charge in [-0.25, -0.2) is 0 Å². The Morgan fingerprint density at radius 1 is 1.10 bits per heavy atom. The Bertz CT molecular complexity index is 613. The van der Waals surface area contributed by atoms with Crippen LogP contribution in [0.25, 0.3) is 0 Å². The summed E-state index contributed by atoms with van der Waals surface area (Å²) in [4.78, 5) is 0. The zero-order valence-corrected chi connectivity index (χ0v) is 14.9. The molecule has 0 saturated heterocycles. The van der Waals surface area contributed by atoms with Crippen LogP contribution in [0.1, 0.15) is 22.7 Å². The van der Waals surface area contributed by atoms with Crippen LogP contribution in [0.15, 0.2) is 45.3 Å². The standard InChI is InChI=1S/C16H17Br2NO/c1-10-5-4-6-12(15(10)18)16(19-2)13-9-11(17)7-8-14(13)20-3/h4-9,16,19H,1-3H3. The minimum Gasteiger partial charge on any atom is -0.496 e. The number of methoxy groups -OCH3 is 1. The molecule has 2 rings (SSSR count). The maximum absolute atomic E-state index is 5.50. The second-order valence-corrected chi connectivity index (χ2v) is 6.29. The molecule has 0 heterocycles. The van der Waals surface area contributed by atoms with E-state index in [1.165, 1.54) is 11.1 Å². The smallest absolute Gasteiger partial charge is 0.124 e. The van der Waals surface area contributed by atoms with Crippen molar-refractivity contribution in [2.45, 2.75) is 13.0 Å². The predicted molar refractivity (Wildman–Crippen MR) is 90.5 cm³/mol. The van der Waals surface area contributed by atoms with Crippen LogP contribution in [-0.2, 0) is 0 Å². The summed E-state index contributed by atoms with van der Waals surface area (Å²) in [5, 5.41) is 3.37. The Morgan fingerprint density at radius 2 is 1.85 bits per heavy atom. The van der Waals surface area contributed by atoms with E-state index < -0.39 is 0 Å². The number of rotatable bonds is 4. The lowest BCUT2D eigenvalue weighted by molar-refractivity contribution is 0.405. The van der Waals surface area contributed by atoms with E-state index in [-0.39, 0.29) is 6.04 Å². The SMILES string of the molecule is CNC(c1cc(Br)ccc1OC)c1cccc(C)c1Br. The van der Waals surface area contributed by atoms with Gasteiger partial charge in [-0.3, -0.25) is 0 Å². The van der Waals surface area contributed by atoms with Crippen molar-refractivity contribution in [3.05, 3.63) is 62.0 Å². The first-order chi connectivity index (χ1) is 9.58. The van der Waals surface area contributed by atoms with Gasteiger partial charge in [0.1, 0.15) is 5.75 Å². The van der Waals surface area contributed by atoms with E-state index in [9.17, 15) is 0 Å². The number of benzene rings is 2. The van der Waals surface area contributed by atoms with Crippen LogP contribution in [0.5, 0.6) is 5.75 Å². The number of nitrogens with one attached hydrogen (secondary N) is 1. The molecular weight excluding hydrogens is 382 g/mol. The molecule has 2 aromatic rings. The topological polar surface area (TPSA) is 21.3 Å². The van der Waals surface area contributed by atoms with Crippen molar-refractivity contribution in [2.24, 2.45) is 0 Å². The third kappa shape index (κ3) is 3.08. The number of halogens is 2. The van der Waals surface area contributed by atoms with Gasteiger partial charge in [0.25, 0.3) is 0 Å². The van der Waals surface area contributed by atoms with Crippen LogP contribution in [-0.4, -0.2) is 14.2 Å². The lowest BCUT2D eigenvalue weighted by Crippen LogP contribution is -2.19. The van der Waals surface area contributed by atoms with Crippen LogP contribution in [0.4, 0.5) is 0 Å². The lowest BCUT2D eigenvalue weighted by Gasteiger charge is -2.22. The third-order valence-electron chi connectivity index (χ3n) is 3.32. The average Bonchev–Trinajstić information content (AvgIpc) is 2.44. The van der Waals surface area contributed by atoms with Crippen molar-refractivity contribution in [2.75, 3.05) is 14.2 Å². The molecule has 0 amide bonds. The van der Waals surface area contributed by atoms with E-state index in [1.54, 1.807) is 7.11 Å². The van der Waals surface area contributed by atoms with Gasteiger partial charge >= 0.3 is 0 Å². The molecular formula is C16H17Br2NO. The van der Waals surface area contributed by atoms with Gasteiger partial charge in [-0.15, -0.1) is 0 Å². The number of aryl methyl sites for hydroxylation is 1. The molecule has 20 heavy (non-hydrogen) atoms. The molecule has 0 spiro atoms. The van der Waals surface area contributed by atoms with Crippen LogP contribution in [0.3, 0.4) is 0 Å². The highest BCUT2D eigenvalue weighted by atomic mass is 79.9. The Kier molecular flexibility index (Phi) is 5.24. The van der Waals surface area contributed by atoms with E-state index in [4.69, 9.17) is 4.74 Å². The second-order valence-electron chi connectivity index (χ2n) is 4.59. The fraction of sp³-hybridized carbons (Fsp3) is 0.250. The number of hydrogen-bond donors (Lipinski definition) is 1. The molecule has 0 aliphatic rings. The first-order valence-corrected chi connectivity index (χ1v) is 7.92. The van der Waals surface area contributed by atoms with Crippen LogP contribution in [0.2, 0.25) is 0 Å². The zero-order valence-electron chi connectivity index (χ0n) is 11.7. The molecule has 0 aliphatic carbocycles. The molecule has 4 heteroatoms. The molecule has 0 aliphatic heterocycles. The van der Waals surface area contributed by atoms with Crippen LogP contribution in [0, 0.1) is 6.92 Å². The fourth-order valence-electron chi connectivity index (χ4n) is 2.30. The summed E-state index contributed by atoms with van der Waals surface area (Å²) in [6.45, 7) is 2.10. The van der Waals surface area contributed by atoms with Crippen molar-refractivity contribution < 1.29 is 4.74 Å². The van der Waals surface area contributed by atoms with Crippen LogP contribution < -0.4 is 10.1 Å². The van der Waals surface area contributed by atoms with Gasteiger partial charge in [-0.05, 0) is 43.3 Å². The first-order valence-electron chi connectivity index (χ1n) is 6.34. The Balaban J connectivity index is 2.58. The van der Waals surface area contributed by atoms with Crippen molar-refractivity contribution >= 4 is 31.9 Å². The van der Waals surface area contributed by atoms with Gasteiger partial charge in [0.15, 0.2) is 0 Å². The second kappa shape index (κ2) is 6.74. The van der Waals surface area contributed by atoms with E-state index in [0.29, 0.717) is 0 Å². The summed E-state index contributed by atoms with van der Waals surface area (Å²) in [5.41, 5.74) is 3.52. The van der Waals surface area contributed by atoms with Crippen molar-refractivity contribution in [3.63, 3.8) is 0 Å². The summed E-state index contributed by atoms with van der Waals surface area (Å²) >= 11 is 7.22. The van der Waals surface area contributed by atoms with Crippen molar-refractivity contribution in [3.8, 4) is 5.75 Å². The molecule has 0 bridgehead atoms. The van der Waals surface area contributed by atoms with Crippen molar-refractivity contribution in [1.82, 2.24) is 5.32 Å². The molecule has 0 radical (unpaired) electrons. The van der Waals surface area contributed by atoms with E-state index in [1.807, 2.05) is 19.2 Å². The molecule has 1 atom stereocenters. The summed E-state index contributed by atoms with van der Waals surface area (Å²) < 4.78 is 7.66. The summed E-state index contributed by atoms with van der Waals surface area (Å²) in [6.07, 6.45) is 0. The monoisotopic (exact) mass is 397 g/mol. The predicted octanol–water partition coefficient (Wildman–Crippen LogP) is 4.84. The Hall–Kier alpha value is -0.840. The van der Waals surface area contributed by atoms with E-state index in [2.05, 4.69) is 68.4 Å². The normalized spacial score (nSPS) is 12.2. The Morgan fingerprint density at radius 3 is 2.50 bits per heavy atom. The molecule has 0 aromatic heterocycles. The van der Waals surface area contributed by atoms with Crippen molar-refractivity contribution in [1.29, 1.82) is 0 Å². The summed E-state index contributed by atoms with van der Waals surface area (Å²) in [7, 11) is 3.66. The average molecular weight is 399 g/mol. The maximum atomic E-state index is 5.50. The van der Waals surface area contributed by atoms with Gasteiger partial charge in [0, 0.05) is 14.5 Å². The summed E-state index contributed by atoms with van der Waals surface area (Å²) in [5.74, 6) is 0.876. The highest BCUT2D eigenvalue weighted by Gasteiger charge is 2.19. The largest absolute Gasteiger partial charge is 0.496 e. The number of hydrogen-bond acceptors (Lipinski definition) is 2. The number of ether oxygens (including phenoxy) is 1. The lowest BCUT2D eigenvalue weighted by atomic mass is 9.96. The maximum Gasteiger partial charge on any atom is 0.124 e. The minimum atomic E-state index is 0.0664. The molecule has 106 valence electrons. The van der Waals surface area contributed by atoms with Gasteiger partial charge < -0.3 is 10.1 Å². The molecule has 2 nitrogen and oxygen atoms in total. The third-order valence-corrected chi connectivity index (χ3v) is 4.90. The Labute approximate surface area is 136 Å². The molecule has 1 N–H and O–H groups in total. The fourth-order valence-corrected chi connectivity index (χ4v) is 3.17. The summed E-state index contributed by atoms with van der Waals surface area (Å²) in [6, 6.07) is 12.4. The zero-order chi connectivity index (χ0) is 14.7. The highest BCUT2D eigenvalue weighted by molar-refractivity contribution is 9.10. The van der Waals surface area contributed by atoms with Gasteiger partial charge in [0.05, 0.1) is 13.2 Å². The van der Waals surface area contributed by atoms with Gasteiger partial charge in [-0.2, -0.15) is 0 Å². The van der Waals surface area contributed by atoms with Gasteiger partial charge in [0.2, 0.25) is 0 Å². The molecule has 2 aromatic carbocycles. The van der Waals surface area contributed by atoms with E-state index in [0.717, 1.165) is 20.3 Å². The highest BCUT2D eigenvalue weighted by Crippen LogP contribution is 2.36. The van der Waals surface area contributed by atoms with Gasteiger partial charge in [-0.1, -0.05) is 50.1 Å². The minimum absolute atomic E-state index is 0.0664. The molecule has 1 unspecified atom stereocenters.